The van der Waals surface area contributed by atoms with Crippen molar-refractivity contribution in [3.8, 4) is 5.75 Å². The van der Waals surface area contributed by atoms with Gasteiger partial charge in [-0.05, 0) is 40.7 Å². The van der Waals surface area contributed by atoms with Crippen LogP contribution >= 0.6 is 15.9 Å². The second-order valence-corrected chi connectivity index (χ2v) is 5.06. The number of nitrogens with one attached hydrogen (secondary N) is 1. The molecule has 106 valence electrons. The molecule has 0 atom stereocenters. The number of benzene rings is 1. The third kappa shape index (κ3) is 4.02. The highest BCUT2D eigenvalue weighted by molar-refractivity contribution is 9.10. The maximum atomic E-state index is 13.4. The van der Waals surface area contributed by atoms with E-state index in [1.165, 1.54) is 6.07 Å². The Hall–Kier alpha value is -1.46. The number of hydrogen-bond donors (Lipinski definition) is 1. The fourth-order valence-electron chi connectivity index (χ4n) is 1.67. The Bertz CT molecular complexity index is 560. The van der Waals surface area contributed by atoms with Crippen molar-refractivity contribution in [1.82, 2.24) is 10.3 Å². The van der Waals surface area contributed by atoms with Crippen LogP contribution in [0.5, 0.6) is 5.75 Å². The van der Waals surface area contributed by atoms with Gasteiger partial charge in [-0.15, -0.1) is 0 Å². The molecular weight excluding hydrogens is 323 g/mol. The summed E-state index contributed by atoms with van der Waals surface area (Å²) >= 11 is 3.21. The van der Waals surface area contributed by atoms with Crippen LogP contribution in [0.2, 0.25) is 0 Å². The number of rotatable bonds is 6. The lowest BCUT2D eigenvalue weighted by molar-refractivity contribution is 0.303. The first-order valence-corrected chi connectivity index (χ1v) is 7.21. The van der Waals surface area contributed by atoms with E-state index in [0.29, 0.717) is 16.8 Å². The van der Waals surface area contributed by atoms with Crippen LogP contribution in [0.4, 0.5) is 4.39 Å². The highest BCUT2D eigenvalue weighted by Crippen LogP contribution is 2.22. The van der Waals surface area contributed by atoms with E-state index in [1.807, 2.05) is 25.1 Å². The maximum Gasteiger partial charge on any atom is 0.138 e. The van der Waals surface area contributed by atoms with E-state index in [2.05, 4.69) is 26.2 Å². The van der Waals surface area contributed by atoms with Gasteiger partial charge in [0.2, 0.25) is 0 Å². The van der Waals surface area contributed by atoms with Crippen LogP contribution in [-0.2, 0) is 13.2 Å². The summed E-state index contributed by atoms with van der Waals surface area (Å²) in [6.07, 6.45) is 1.68. The maximum absolute atomic E-state index is 13.4. The van der Waals surface area contributed by atoms with Crippen LogP contribution in [0, 0.1) is 5.82 Å². The topological polar surface area (TPSA) is 34.1 Å². The first-order chi connectivity index (χ1) is 9.70. The summed E-state index contributed by atoms with van der Waals surface area (Å²) in [5, 5.41) is 3.20. The zero-order chi connectivity index (χ0) is 14.4. The molecule has 1 aromatic heterocycles. The van der Waals surface area contributed by atoms with Gasteiger partial charge in [-0.25, -0.2) is 4.39 Å². The lowest BCUT2D eigenvalue weighted by Gasteiger charge is -2.09. The average molecular weight is 339 g/mol. The third-order valence-corrected chi connectivity index (χ3v) is 3.67. The molecule has 0 aliphatic carbocycles. The van der Waals surface area contributed by atoms with E-state index in [4.69, 9.17) is 4.74 Å². The van der Waals surface area contributed by atoms with Crippen molar-refractivity contribution in [2.24, 2.45) is 0 Å². The highest BCUT2D eigenvalue weighted by atomic mass is 79.9. The van der Waals surface area contributed by atoms with Crippen LogP contribution in [0.25, 0.3) is 0 Å². The summed E-state index contributed by atoms with van der Waals surface area (Å²) in [5.74, 6) is 0.381. The fourth-order valence-corrected chi connectivity index (χ4v) is 2.05. The minimum absolute atomic E-state index is 0.287. The lowest BCUT2D eigenvalue weighted by Crippen LogP contribution is -2.12. The Morgan fingerprint density at radius 2 is 2.15 bits per heavy atom. The normalized spacial score (nSPS) is 10.6. The van der Waals surface area contributed by atoms with E-state index in [1.54, 1.807) is 12.3 Å². The molecule has 2 rings (SSSR count). The standard InChI is InChI=1S/C15H16BrFN2O/c1-2-18-8-12-6-7-13(9-19-12)20-10-11-4-3-5-14(17)15(11)16/h3-7,9,18H,2,8,10H2,1H3. The van der Waals surface area contributed by atoms with Crippen molar-refractivity contribution >= 4 is 15.9 Å². The van der Waals surface area contributed by atoms with Crippen molar-refractivity contribution in [3.05, 3.63) is 58.1 Å². The summed E-state index contributed by atoms with van der Waals surface area (Å²) in [6, 6.07) is 8.67. The van der Waals surface area contributed by atoms with Gasteiger partial charge in [0.1, 0.15) is 18.2 Å². The minimum Gasteiger partial charge on any atom is -0.487 e. The number of hydrogen-bond acceptors (Lipinski definition) is 3. The highest BCUT2D eigenvalue weighted by Gasteiger charge is 2.06. The van der Waals surface area contributed by atoms with E-state index in [0.717, 1.165) is 24.3 Å². The first kappa shape index (κ1) is 14.9. The molecular formula is C15H16BrFN2O. The summed E-state index contributed by atoms with van der Waals surface area (Å²) in [7, 11) is 0. The second kappa shape index (κ2) is 7.36. The average Bonchev–Trinajstić information content (AvgIpc) is 2.48. The van der Waals surface area contributed by atoms with Gasteiger partial charge in [0.15, 0.2) is 0 Å². The monoisotopic (exact) mass is 338 g/mol. The van der Waals surface area contributed by atoms with Gasteiger partial charge in [-0.1, -0.05) is 19.1 Å². The van der Waals surface area contributed by atoms with Gasteiger partial charge >= 0.3 is 0 Å². The van der Waals surface area contributed by atoms with Crippen LogP contribution in [0.1, 0.15) is 18.2 Å². The molecule has 0 spiro atoms. The van der Waals surface area contributed by atoms with Crippen LogP contribution in [-0.4, -0.2) is 11.5 Å². The van der Waals surface area contributed by atoms with Gasteiger partial charge in [0.25, 0.3) is 0 Å². The molecule has 5 heteroatoms. The zero-order valence-electron chi connectivity index (χ0n) is 11.2. The zero-order valence-corrected chi connectivity index (χ0v) is 12.8. The summed E-state index contributed by atoms with van der Waals surface area (Å²) in [4.78, 5) is 4.30. The van der Waals surface area contributed by atoms with Crippen molar-refractivity contribution in [2.75, 3.05) is 6.54 Å². The predicted molar refractivity (Wildman–Crippen MR) is 80.0 cm³/mol. The number of aromatic nitrogens is 1. The van der Waals surface area contributed by atoms with Crippen molar-refractivity contribution in [2.45, 2.75) is 20.1 Å². The van der Waals surface area contributed by atoms with Gasteiger partial charge in [0.05, 0.1) is 16.4 Å². The van der Waals surface area contributed by atoms with Gasteiger partial charge in [0, 0.05) is 12.1 Å². The fraction of sp³-hybridized carbons (Fsp3) is 0.267. The summed E-state index contributed by atoms with van der Waals surface area (Å²) < 4.78 is 19.4. The quantitative estimate of drug-likeness (QED) is 0.872. The van der Waals surface area contributed by atoms with Crippen molar-refractivity contribution in [3.63, 3.8) is 0 Å². The molecule has 0 aliphatic heterocycles. The summed E-state index contributed by atoms with van der Waals surface area (Å²) in [5.41, 5.74) is 1.73. The van der Waals surface area contributed by atoms with E-state index in [-0.39, 0.29) is 5.82 Å². The molecule has 0 aliphatic rings. The van der Waals surface area contributed by atoms with E-state index < -0.39 is 0 Å². The van der Waals surface area contributed by atoms with E-state index in [9.17, 15) is 4.39 Å². The van der Waals surface area contributed by atoms with Crippen LogP contribution in [0.15, 0.2) is 41.0 Å². The molecule has 1 aromatic carbocycles. The molecule has 0 bridgehead atoms. The molecule has 2 aromatic rings. The molecule has 0 unspecified atom stereocenters. The summed E-state index contributed by atoms with van der Waals surface area (Å²) in [6.45, 7) is 4.00. The SMILES string of the molecule is CCNCc1ccc(OCc2cccc(F)c2Br)cn1. The van der Waals surface area contributed by atoms with Crippen molar-refractivity contribution in [1.29, 1.82) is 0 Å². The molecule has 0 saturated carbocycles. The molecule has 1 N–H and O–H groups in total. The second-order valence-electron chi connectivity index (χ2n) is 4.27. The Kier molecular flexibility index (Phi) is 5.49. The minimum atomic E-state index is -0.287. The van der Waals surface area contributed by atoms with Gasteiger partial charge in [-0.2, -0.15) is 0 Å². The third-order valence-electron chi connectivity index (χ3n) is 2.78. The largest absolute Gasteiger partial charge is 0.487 e. The molecule has 0 amide bonds. The molecule has 1 heterocycles. The molecule has 0 radical (unpaired) electrons. The Morgan fingerprint density at radius 3 is 2.85 bits per heavy atom. The predicted octanol–water partition coefficient (Wildman–Crippen LogP) is 3.67. The number of nitrogens with zero attached hydrogens (tertiary/aromatic N) is 1. The molecule has 0 saturated heterocycles. The van der Waals surface area contributed by atoms with Crippen LogP contribution in [0.3, 0.4) is 0 Å². The van der Waals surface area contributed by atoms with Crippen LogP contribution < -0.4 is 10.1 Å². The number of halogens is 2. The lowest BCUT2D eigenvalue weighted by atomic mass is 10.2. The van der Waals surface area contributed by atoms with E-state index >= 15 is 0 Å². The number of pyridine rings is 1. The Morgan fingerprint density at radius 1 is 1.30 bits per heavy atom. The Balaban J connectivity index is 1.95. The van der Waals surface area contributed by atoms with Gasteiger partial charge in [-0.3, -0.25) is 4.98 Å². The van der Waals surface area contributed by atoms with Crippen molar-refractivity contribution < 1.29 is 9.13 Å². The molecule has 20 heavy (non-hydrogen) atoms. The smallest absolute Gasteiger partial charge is 0.138 e. The number of ether oxygens (including phenoxy) is 1. The molecule has 3 nitrogen and oxygen atoms in total. The Labute approximate surface area is 126 Å². The molecule has 0 fully saturated rings. The van der Waals surface area contributed by atoms with Gasteiger partial charge < -0.3 is 10.1 Å². The first-order valence-electron chi connectivity index (χ1n) is 6.42.